The second kappa shape index (κ2) is 4.63. The van der Waals surface area contributed by atoms with Crippen molar-refractivity contribution >= 4 is 23.4 Å². The first kappa shape index (κ1) is 11.7. The molecule has 1 aromatic rings. The summed E-state index contributed by atoms with van der Waals surface area (Å²) in [6.07, 6.45) is 0. The zero-order valence-corrected chi connectivity index (χ0v) is 9.74. The third kappa shape index (κ3) is 2.19. The van der Waals surface area contributed by atoms with Gasteiger partial charge in [-0.1, -0.05) is 11.6 Å². The lowest BCUT2D eigenvalue weighted by Gasteiger charge is -2.05. The summed E-state index contributed by atoms with van der Waals surface area (Å²) in [4.78, 5) is 23.1. The zero-order valence-electron chi connectivity index (χ0n) is 8.99. The van der Waals surface area contributed by atoms with Crippen LogP contribution in [0.2, 0.25) is 5.02 Å². The van der Waals surface area contributed by atoms with E-state index in [0.29, 0.717) is 10.8 Å². The molecule has 1 aliphatic rings. The van der Waals surface area contributed by atoms with E-state index >= 15 is 0 Å². The fraction of sp³-hybridized carbons (Fsp3) is 0.273. The minimum Gasteiger partial charge on any atom is -0.460 e. The average molecular weight is 257 g/mol. The van der Waals surface area contributed by atoms with Crippen LogP contribution in [0.25, 0.3) is 0 Å². The molecule has 5 nitrogen and oxygen atoms in total. The number of Topliss-reactive ketones (excluding diaryl/α,β-unsaturated/α-hetero) is 1. The Morgan fingerprint density at radius 3 is 2.88 bits per heavy atom. The van der Waals surface area contributed by atoms with Crippen LogP contribution < -0.4 is 9.47 Å². The van der Waals surface area contributed by atoms with Crippen molar-refractivity contribution in [2.45, 2.75) is 6.92 Å². The molecule has 1 aliphatic heterocycles. The molecule has 0 aromatic heterocycles. The van der Waals surface area contributed by atoms with E-state index in [9.17, 15) is 9.59 Å². The smallest absolute Gasteiger partial charge is 0.379 e. The number of hydrogen-bond donors (Lipinski definition) is 0. The number of carbonyl (C=O) groups excluding carboxylic acids is 2. The van der Waals surface area contributed by atoms with E-state index in [1.54, 1.807) is 6.92 Å². The number of carbonyl (C=O) groups is 2. The molecule has 0 atom stereocenters. The van der Waals surface area contributed by atoms with E-state index in [0.717, 1.165) is 0 Å². The predicted octanol–water partition coefficient (Wildman–Crippen LogP) is 1.81. The molecule has 6 heteroatoms. The maximum absolute atomic E-state index is 11.8. The first-order valence-corrected chi connectivity index (χ1v) is 5.32. The van der Waals surface area contributed by atoms with Gasteiger partial charge in [0.15, 0.2) is 11.5 Å². The van der Waals surface area contributed by atoms with Gasteiger partial charge in [-0.05, 0) is 13.0 Å². The highest BCUT2D eigenvalue weighted by atomic mass is 35.5. The lowest BCUT2D eigenvalue weighted by molar-refractivity contribution is -0.137. The lowest BCUT2D eigenvalue weighted by atomic mass is 10.1. The van der Waals surface area contributed by atoms with Crippen molar-refractivity contribution in [1.82, 2.24) is 0 Å². The van der Waals surface area contributed by atoms with E-state index in [-0.39, 0.29) is 24.7 Å². The molecule has 0 radical (unpaired) electrons. The molecule has 17 heavy (non-hydrogen) atoms. The standard InChI is InChI=1S/C11H9ClO5/c1-2-15-11(14)9(13)7-3-6(12)4-8-10(7)17-5-16-8/h3-4H,2,5H2,1H3. The van der Waals surface area contributed by atoms with Crippen LogP contribution in [0.1, 0.15) is 17.3 Å². The third-order valence-electron chi connectivity index (χ3n) is 2.14. The number of fused-ring (bicyclic) bond motifs is 1. The van der Waals surface area contributed by atoms with Crippen molar-refractivity contribution in [2.24, 2.45) is 0 Å². The van der Waals surface area contributed by atoms with Gasteiger partial charge >= 0.3 is 5.97 Å². The van der Waals surface area contributed by atoms with Gasteiger partial charge in [0.25, 0.3) is 5.78 Å². The molecule has 0 unspecified atom stereocenters. The maximum atomic E-state index is 11.8. The predicted molar refractivity (Wildman–Crippen MR) is 58.5 cm³/mol. The summed E-state index contributed by atoms with van der Waals surface area (Å²) >= 11 is 5.81. The summed E-state index contributed by atoms with van der Waals surface area (Å²) in [5.41, 5.74) is 0.0588. The number of rotatable bonds is 3. The molecule has 0 spiro atoms. The van der Waals surface area contributed by atoms with E-state index in [1.165, 1.54) is 12.1 Å². The second-order valence-corrected chi connectivity index (χ2v) is 3.67. The first-order chi connectivity index (χ1) is 8.13. The van der Waals surface area contributed by atoms with Gasteiger partial charge in [-0.25, -0.2) is 4.79 Å². The fourth-order valence-electron chi connectivity index (χ4n) is 1.45. The van der Waals surface area contributed by atoms with Crippen molar-refractivity contribution in [1.29, 1.82) is 0 Å². The van der Waals surface area contributed by atoms with E-state index < -0.39 is 11.8 Å². The van der Waals surface area contributed by atoms with Gasteiger partial charge in [-0.15, -0.1) is 0 Å². The normalized spacial score (nSPS) is 12.4. The van der Waals surface area contributed by atoms with Gasteiger partial charge < -0.3 is 14.2 Å². The van der Waals surface area contributed by atoms with Crippen molar-refractivity contribution in [3.05, 3.63) is 22.7 Å². The van der Waals surface area contributed by atoms with Crippen LogP contribution >= 0.6 is 11.6 Å². The SMILES string of the molecule is CCOC(=O)C(=O)c1cc(Cl)cc2c1OCO2. The van der Waals surface area contributed by atoms with Crippen molar-refractivity contribution in [3.8, 4) is 11.5 Å². The van der Waals surface area contributed by atoms with E-state index in [2.05, 4.69) is 4.74 Å². The van der Waals surface area contributed by atoms with Crippen LogP contribution in [0.4, 0.5) is 0 Å². The van der Waals surface area contributed by atoms with Crippen LogP contribution in [-0.2, 0) is 9.53 Å². The number of ether oxygens (including phenoxy) is 3. The van der Waals surface area contributed by atoms with Crippen molar-refractivity contribution in [2.75, 3.05) is 13.4 Å². The zero-order chi connectivity index (χ0) is 12.4. The Balaban J connectivity index is 2.39. The highest BCUT2D eigenvalue weighted by molar-refractivity contribution is 6.42. The van der Waals surface area contributed by atoms with Crippen LogP contribution in [0, 0.1) is 0 Å². The second-order valence-electron chi connectivity index (χ2n) is 3.24. The van der Waals surface area contributed by atoms with Gasteiger partial charge in [0.05, 0.1) is 12.2 Å². The fourth-order valence-corrected chi connectivity index (χ4v) is 1.66. The molecule has 0 fully saturated rings. The van der Waals surface area contributed by atoms with Crippen LogP contribution in [0.3, 0.4) is 0 Å². The molecule has 0 saturated heterocycles. The molecule has 0 amide bonds. The molecule has 1 heterocycles. The van der Waals surface area contributed by atoms with Gasteiger partial charge in [0, 0.05) is 11.1 Å². The van der Waals surface area contributed by atoms with Gasteiger partial charge in [-0.3, -0.25) is 4.79 Å². The summed E-state index contributed by atoms with van der Waals surface area (Å²) < 4.78 is 14.9. The van der Waals surface area contributed by atoms with Crippen LogP contribution in [0.15, 0.2) is 12.1 Å². The molecular formula is C11H9ClO5. The molecule has 1 aromatic carbocycles. The van der Waals surface area contributed by atoms with E-state index in [1.807, 2.05) is 0 Å². The Hall–Kier alpha value is -1.75. The van der Waals surface area contributed by atoms with Gasteiger partial charge in [-0.2, -0.15) is 0 Å². The molecule has 0 aliphatic carbocycles. The number of halogens is 1. The Kier molecular flexibility index (Phi) is 3.19. The first-order valence-electron chi connectivity index (χ1n) is 4.94. The number of ketones is 1. The Bertz CT molecular complexity index is 483. The number of esters is 1. The Morgan fingerprint density at radius 1 is 1.41 bits per heavy atom. The van der Waals surface area contributed by atoms with Crippen molar-refractivity contribution < 1.29 is 23.8 Å². The highest BCUT2D eigenvalue weighted by Gasteiger charge is 2.27. The van der Waals surface area contributed by atoms with Crippen LogP contribution in [0.5, 0.6) is 11.5 Å². The largest absolute Gasteiger partial charge is 0.460 e. The van der Waals surface area contributed by atoms with Crippen molar-refractivity contribution in [3.63, 3.8) is 0 Å². The molecule has 0 saturated carbocycles. The number of hydrogen-bond acceptors (Lipinski definition) is 5. The summed E-state index contributed by atoms with van der Waals surface area (Å²) in [6.45, 7) is 1.75. The molecular weight excluding hydrogens is 248 g/mol. The summed E-state index contributed by atoms with van der Waals surface area (Å²) in [7, 11) is 0. The summed E-state index contributed by atoms with van der Waals surface area (Å²) in [5.74, 6) is -1.15. The van der Waals surface area contributed by atoms with Gasteiger partial charge in [0.1, 0.15) is 0 Å². The van der Waals surface area contributed by atoms with E-state index in [4.69, 9.17) is 21.1 Å². The van der Waals surface area contributed by atoms with Gasteiger partial charge in [0.2, 0.25) is 6.79 Å². The summed E-state index contributed by atoms with van der Waals surface area (Å²) in [5, 5.41) is 0.293. The minimum atomic E-state index is -0.938. The average Bonchev–Trinajstić information content (AvgIpc) is 2.75. The molecule has 0 bridgehead atoms. The van der Waals surface area contributed by atoms with Crippen LogP contribution in [-0.4, -0.2) is 25.2 Å². The number of benzene rings is 1. The monoisotopic (exact) mass is 256 g/mol. The lowest BCUT2D eigenvalue weighted by Crippen LogP contribution is -2.18. The highest BCUT2D eigenvalue weighted by Crippen LogP contribution is 2.38. The Morgan fingerprint density at radius 2 is 2.18 bits per heavy atom. The third-order valence-corrected chi connectivity index (χ3v) is 2.36. The minimum absolute atomic E-state index is 0.00121. The Labute approximate surface area is 102 Å². The topological polar surface area (TPSA) is 61.8 Å². The molecule has 2 rings (SSSR count). The maximum Gasteiger partial charge on any atom is 0.379 e. The molecule has 0 N–H and O–H groups in total. The molecule has 90 valence electrons. The quantitative estimate of drug-likeness (QED) is 0.469. The summed E-state index contributed by atoms with van der Waals surface area (Å²) in [6, 6.07) is 2.88.